The molecule has 0 bridgehead atoms. The number of hydrogen-bond donors (Lipinski definition) is 4. The Morgan fingerprint density at radius 3 is 2.56 bits per heavy atom. The summed E-state index contributed by atoms with van der Waals surface area (Å²) in [5, 5.41) is 2.69. The molecule has 2 amide bonds. The molecule has 6 N–H and O–H groups in total. The molecule has 1 heterocycles. The second kappa shape index (κ2) is 4.26. The first-order chi connectivity index (χ1) is 7.30. The van der Waals surface area contributed by atoms with Gasteiger partial charge in [-0.05, 0) is 19.9 Å². The number of amides is 2. The Hall–Kier alpha value is -1.98. The first-order valence-electron chi connectivity index (χ1n) is 4.85. The number of anilines is 1. The molecule has 1 rings (SSSR count). The average Bonchev–Trinajstić information content (AvgIpc) is 2.47. The fourth-order valence-corrected chi connectivity index (χ4v) is 1.40. The number of aromatic nitrogens is 1. The van der Waals surface area contributed by atoms with Crippen LogP contribution < -0.4 is 16.8 Å². The molecule has 0 aromatic carbocycles. The normalized spacial score (nSPS) is 11.1. The maximum absolute atomic E-state index is 11.7. The van der Waals surface area contributed by atoms with E-state index in [1.165, 1.54) is 12.3 Å². The predicted molar refractivity (Wildman–Crippen MR) is 60.6 cm³/mol. The third kappa shape index (κ3) is 3.30. The maximum atomic E-state index is 11.7. The Bertz CT molecular complexity index is 409. The van der Waals surface area contributed by atoms with Gasteiger partial charge in [0.1, 0.15) is 5.69 Å². The molecule has 0 aliphatic heterocycles. The number of H-pyrrole nitrogens is 1. The molecule has 16 heavy (non-hydrogen) atoms. The molecule has 1 aromatic rings. The van der Waals surface area contributed by atoms with Gasteiger partial charge < -0.3 is 21.8 Å². The number of rotatable bonds is 4. The van der Waals surface area contributed by atoms with E-state index < -0.39 is 11.4 Å². The second-order valence-electron chi connectivity index (χ2n) is 4.33. The van der Waals surface area contributed by atoms with Crippen molar-refractivity contribution < 1.29 is 9.59 Å². The molecule has 0 fully saturated rings. The van der Waals surface area contributed by atoms with Gasteiger partial charge in [0.15, 0.2) is 0 Å². The van der Waals surface area contributed by atoms with E-state index in [0.717, 1.165) is 0 Å². The van der Waals surface area contributed by atoms with Gasteiger partial charge in [-0.1, -0.05) is 0 Å². The Morgan fingerprint density at radius 2 is 2.12 bits per heavy atom. The topological polar surface area (TPSA) is 114 Å². The maximum Gasteiger partial charge on any atom is 0.268 e. The molecule has 88 valence electrons. The quantitative estimate of drug-likeness (QED) is 0.576. The largest absolute Gasteiger partial charge is 0.397 e. The van der Waals surface area contributed by atoms with Crippen molar-refractivity contribution in [2.75, 3.05) is 5.73 Å². The average molecular weight is 224 g/mol. The van der Waals surface area contributed by atoms with E-state index in [0.29, 0.717) is 11.4 Å². The molecule has 0 spiro atoms. The van der Waals surface area contributed by atoms with Crippen molar-refractivity contribution in [2.24, 2.45) is 5.73 Å². The van der Waals surface area contributed by atoms with Crippen molar-refractivity contribution in [3.8, 4) is 0 Å². The summed E-state index contributed by atoms with van der Waals surface area (Å²) in [6.45, 7) is 3.45. The fourth-order valence-electron chi connectivity index (χ4n) is 1.40. The van der Waals surface area contributed by atoms with Crippen LogP contribution in [-0.2, 0) is 4.79 Å². The molecular weight excluding hydrogens is 208 g/mol. The third-order valence-electron chi connectivity index (χ3n) is 2.02. The molecule has 0 saturated carbocycles. The third-order valence-corrected chi connectivity index (χ3v) is 2.02. The first-order valence-corrected chi connectivity index (χ1v) is 4.85. The van der Waals surface area contributed by atoms with Crippen LogP contribution in [0, 0.1) is 0 Å². The van der Waals surface area contributed by atoms with Gasteiger partial charge in [-0.3, -0.25) is 9.59 Å². The summed E-state index contributed by atoms with van der Waals surface area (Å²) >= 11 is 0. The van der Waals surface area contributed by atoms with Crippen LogP contribution in [0.25, 0.3) is 0 Å². The van der Waals surface area contributed by atoms with Crippen molar-refractivity contribution in [3.63, 3.8) is 0 Å². The number of nitrogen functional groups attached to an aromatic ring is 1. The van der Waals surface area contributed by atoms with Crippen LogP contribution in [0.5, 0.6) is 0 Å². The zero-order chi connectivity index (χ0) is 12.3. The molecule has 0 atom stereocenters. The molecular formula is C10H16N4O2. The molecule has 0 aliphatic carbocycles. The molecule has 0 radical (unpaired) electrons. The van der Waals surface area contributed by atoms with E-state index in [4.69, 9.17) is 11.5 Å². The number of nitrogens with two attached hydrogens (primary N) is 2. The lowest BCUT2D eigenvalue weighted by atomic mass is 10.00. The van der Waals surface area contributed by atoms with Gasteiger partial charge in [0.25, 0.3) is 5.91 Å². The molecule has 1 aromatic heterocycles. The molecule has 0 unspecified atom stereocenters. The smallest absolute Gasteiger partial charge is 0.268 e. The Kier molecular flexibility index (Phi) is 3.22. The summed E-state index contributed by atoms with van der Waals surface area (Å²) < 4.78 is 0. The predicted octanol–water partition coefficient (Wildman–Crippen LogP) is -0.0193. The van der Waals surface area contributed by atoms with Gasteiger partial charge in [0.05, 0.1) is 0 Å². The second-order valence-corrected chi connectivity index (χ2v) is 4.33. The summed E-state index contributed by atoms with van der Waals surface area (Å²) in [4.78, 5) is 25.2. The van der Waals surface area contributed by atoms with Crippen LogP contribution in [0.1, 0.15) is 30.8 Å². The molecule has 6 nitrogen and oxygen atoms in total. The first kappa shape index (κ1) is 12.1. The lowest BCUT2D eigenvalue weighted by Gasteiger charge is -2.24. The van der Waals surface area contributed by atoms with Crippen LogP contribution in [0.15, 0.2) is 12.3 Å². The highest BCUT2D eigenvalue weighted by atomic mass is 16.2. The summed E-state index contributed by atoms with van der Waals surface area (Å²) in [5.41, 5.74) is 10.7. The van der Waals surface area contributed by atoms with Crippen molar-refractivity contribution in [1.29, 1.82) is 0 Å². The van der Waals surface area contributed by atoms with Crippen LogP contribution in [0.2, 0.25) is 0 Å². The molecule has 0 saturated heterocycles. The minimum atomic E-state index is -0.678. The van der Waals surface area contributed by atoms with Crippen molar-refractivity contribution in [1.82, 2.24) is 10.3 Å². The van der Waals surface area contributed by atoms with E-state index in [-0.39, 0.29) is 12.3 Å². The Balaban J connectivity index is 2.67. The van der Waals surface area contributed by atoms with Gasteiger partial charge in [0, 0.05) is 23.8 Å². The van der Waals surface area contributed by atoms with Crippen molar-refractivity contribution in [3.05, 3.63) is 18.0 Å². The van der Waals surface area contributed by atoms with E-state index in [1.807, 2.05) is 0 Å². The molecule has 0 aliphatic rings. The van der Waals surface area contributed by atoms with Gasteiger partial charge in [0.2, 0.25) is 5.91 Å². The molecule has 6 heteroatoms. The van der Waals surface area contributed by atoms with Crippen LogP contribution in [0.4, 0.5) is 5.69 Å². The highest BCUT2D eigenvalue weighted by Gasteiger charge is 2.23. The lowest BCUT2D eigenvalue weighted by molar-refractivity contribution is -0.119. The van der Waals surface area contributed by atoms with E-state index >= 15 is 0 Å². The van der Waals surface area contributed by atoms with Crippen LogP contribution in [0.3, 0.4) is 0 Å². The number of primary amides is 1. The van der Waals surface area contributed by atoms with Gasteiger partial charge in [-0.15, -0.1) is 0 Å². The number of carbonyl (C=O) groups is 2. The standard InChI is InChI=1S/C10H16N4O2/c1-10(2,4-8(12)15)14-9(16)7-3-6(11)5-13-7/h3,5,13H,4,11H2,1-2H3,(H2,12,15)(H,14,16). The Labute approximate surface area is 93.4 Å². The minimum absolute atomic E-state index is 0.0783. The van der Waals surface area contributed by atoms with Crippen molar-refractivity contribution >= 4 is 17.5 Å². The zero-order valence-corrected chi connectivity index (χ0v) is 9.33. The van der Waals surface area contributed by atoms with Gasteiger partial charge in [-0.25, -0.2) is 0 Å². The lowest BCUT2D eigenvalue weighted by Crippen LogP contribution is -2.46. The summed E-state index contributed by atoms with van der Waals surface area (Å²) in [5.74, 6) is -0.778. The highest BCUT2D eigenvalue weighted by molar-refractivity contribution is 5.94. The number of aromatic amines is 1. The van der Waals surface area contributed by atoms with Crippen LogP contribution in [-0.4, -0.2) is 22.3 Å². The summed E-state index contributed by atoms with van der Waals surface area (Å²) in [6.07, 6.45) is 1.60. The number of nitrogens with one attached hydrogen (secondary N) is 2. The Morgan fingerprint density at radius 1 is 1.50 bits per heavy atom. The fraction of sp³-hybridized carbons (Fsp3) is 0.400. The van der Waals surface area contributed by atoms with Gasteiger partial charge >= 0.3 is 0 Å². The van der Waals surface area contributed by atoms with Gasteiger partial charge in [-0.2, -0.15) is 0 Å². The summed E-state index contributed by atoms with van der Waals surface area (Å²) in [6, 6.07) is 1.52. The highest BCUT2D eigenvalue weighted by Crippen LogP contribution is 2.10. The summed E-state index contributed by atoms with van der Waals surface area (Å²) in [7, 11) is 0. The zero-order valence-electron chi connectivity index (χ0n) is 9.33. The monoisotopic (exact) mass is 224 g/mol. The number of carbonyl (C=O) groups excluding carboxylic acids is 2. The van der Waals surface area contributed by atoms with Crippen molar-refractivity contribution in [2.45, 2.75) is 25.8 Å². The van der Waals surface area contributed by atoms with E-state index in [2.05, 4.69) is 10.3 Å². The van der Waals surface area contributed by atoms with E-state index in [1.54, 1.807) is 13.8 Å². The van der Waals surface area contributed by atoms with Crippen LogP contribution >= 0.6 is 0 Å². The minimum Gasteiger partial charge on any atom is -0.397 e. The van der Waals surface area contributed by atoms with E-state index in [9.17, 15) is 9.59 Å². The number of hydrogen-bond acceptors (Lipinski definition) is 3. The SMILES string of the molecule is CC(C)(CC(N)=O)NC(=O)c1cc(N)c[nH]1.